The molecule has 0 spiro atoms. The van der Waals surface area contributed by atoms with Crippen molar-refractivity contribution in [1.29, 1.82) is 0 Å². The van der Waals surface area contributed by atoms with Gasteiger partial charge in [0.25, 0.3) is 0 Å². The van der Waals surface area contributed by atoms with Gasteiger partial charge in [0.05, 0.1) is 16.2 Å². The first-order valence-electron chi connectivity index (χ1n) is 10.7. The van der Waals surface area contributed by atoms with E-state index in [1.54, 1.807) is 6.20 Å². The molecule has 1 fully saturated rings. The number of nitrogens with zero attached hydrogens (tertiary/aromatic N) is 3. The fraction of sp³-hybridized carbons (Fsp3) is 0.292. The van der Waals surface area contributed by atoms with E-state index in [1.807, 2.05) is 42.5 Å². The lowest BCUT2D eigenvalue weighted by atomic mass is 10.2. The third-order valence-corrected chi connectivity index (χ3v) is 7.47. The maximum absolute atomic E-state index is 13.0. The van der Waals surface area contributed by atoms with E-state index in [9.17, 15) is 21.6 Å². The van der Waals surface area contributed by atoms with Crippen LogP contribution in [0.15, 0.2) is 77.8 Å². The van der Waals surface area contributed by atoms with Crippen LogP contribution in [0, 0.1) is 0 Å². The third-order valence-electron chi connectivity index (χ3n) is 5.57. The summed E-state index contributed by atoms with van der Waals surface area (Å²) in [6, 6.07) is 17.2. The van der Waals surface area contributed by atoms with Crippen LogP contribution in [0.5, 0.6) is 5.75 Å². The fourth-order valence-corrected chi connectivity index (χ4v) is 5.17. The number of alkyl halides is 3. The zero-order valence-corrected chi connectivity index (χ0v) is 19.1. The van der Waals surface area contributed by atoms with Gasteiger partial charge in [-0.15, -0.1) is 0 Å². The molecule has 0 unspecified atom stereocenters. The highest BCUT2D eigenvalue weighted by molar-refractivity contribution is 7.89. The SMILES string of the molecule is O=S(=O)(c1cccc(C(F)(F)F)c1)N1CCN(Cc2ccc(OCc3ccccn3)cc2)CC1. The van der Waals surface area contributed by atoms with Crippen LogP contribution in [0.3, 0.4) is 0 Å². The van der Waals surface area contributed by atoms with Gasteiger partial charge in [-0.25, -0.2) is 8.42 Å². The van der Waals surface area contributed by atoms with Gasteiger partial charge in [0, 0.05) is 38.9 Å². The molecule has 0 radical (unpaired) electrons. The van der Waals surface area contributed by atoms with E-state index < -0.39 is 21.8 Å². The number of hydrogen-bond donors (Lipinski definition) is 0. The number of halogens is 3. The van der Waals surface area contributed by atoms with Crippen LogP contribution in [0.4, 0.5) is 13.2 Å². The average Bonchev–Trinajstić information content (AvgIpc) is 2.84. The highest BCUT2D eigenvalue weighted by atomic mass is 32.2. The first-order chi connectivity index (χ1) is 16.2. The molecular formula is C24H24F3N3O3S. The monoisotopic (exact) mass is 491 g/mol. The summed E-state index contributed by atoms with van der Waals surface area (Å²) in [5.41, 5.74) is 0.920. The molecule has 0 aliphatic carbocycles. The van der Waals surface area contributed by atoms with Crippen molar-refractivity contribution in [2.75, 3.05) is 26.2 Å². The number of hydrogen-bond acceptors (Lipinski definition) is 5. The van der Waals surface area contributed by atoms with Crippen LogP contribution in [0.25, 0.3) is 0 Å². The standard InChI is InChI=1S/C24H24F3N3O3S/c25-24(26,27)20-4-3-6-23(16-20)34(31,32)30-14-12-29(13-15-30)17-19-7-9-22(10-8-19)33-18-21-5-1-2-11-28-21/h1-11,16H,12-15,17-18H2. The first kappa shape index (κ1) is 24.2. The van der Waals surface area contributed by atoms with Crippen LogP contribution in [-0.4, -0.2) is 48.8 Å². The lowest BCUT2D eigenvalue weighted by Crippen LogP contribution is -2.48. The smallest absolute Gasteiger partial charge is 0.416 e. The summed E-state index contributed by atoms with van der Waals surface area (Å²) in [6.45, 7) is 2.40. The summed E-state index contributed by atoms with van der Waals surface area (Å²) < 4.78 is 71.6. The van der Waals surface area contributed by atoms with Crippen molar-refractivity contribution in [3.8, 4) is 5.75 Å². The lowest BCUT2D eigenvalue weighted by Gasteiger charge is -2.34. The second kappa shape index (κ2) is 10.1. The normalized spacial score (nSPS) is 15.9. The predicted molar refractivity (Wildman–Crippen MR) is 120 cm³/mol. The lowest BCUT2D eigenvalue weighted by molar-refractivity contribution is -0.137. The number of rotatable bonds is 7. The average molecular weight is 492 g/mol. The summed E-state index contributed by atoms with van der Waals surface area (Å²) in [5.74, 6) is 0.728. The summed E-state index contributed by atoms with van der Waals surface area (Å²) in [4.78, 5) is 5.99. The van der Waals surface area contributed by atoms with Gasteiger partial charge < -0.3 is 4.74 Å². The molecule has 3 aromatic rings. The Morgan fingerprint density at radius 2 is 1.65 bits per heavy atom. The topological polar surface area (TPSA) is 62.7 Å². The largest absolute Gasteiger partial charge is 0.487 e. The van der Waals surface area contributed by atoms with Gasteiger partial charge in [0.15, 0.2) is 0 Å². The molecule has 2 heterocycles. The quantitative estimate of drug-likeness (QED) is 0.496. The molecule has 10 heteroatoms. The first-order valence-corrected chi connectivity index (χ1v) is 12.2. The molecule has 1 aliphatic heterocycles. The number of sulfonamides is 1. The van der Waals surface area contributed by atoms with Crippen LogP contribution in [0.1, 0.15) is 16.8 Å². The second-order valence-electron chi connectivity index (χ2n) is 7.96. The Balaban J connectivity index is 1.31. The highest BCUT2D eigenvalue weighted by Gasteiger charge is 2.34. The Morgan fingerprint density at radius 3 is 2.29 bits per heavy atom. The molecule has 2 aromatic carbocycles. The van der Waals surface area contributed by atoms with Crippen molar-refractivity contribution in [2.24, 2.45) is 0 Å². The molecule has 0 bridgehead atoms. The van der Waals surface area contributed by atoms with E-state index >= 15 is 0 Å². The molecule has 0 N–H and O–H groups in total. The molecule has 1 saturated heterocycles. The minimum atomic E-state index is -4.59. The summed E-state index contributed by atoms with van der Waals surface area (Å²) in [5, 5.41) is 0. The number of benzene rings is 2. The van der Waals surface area contributed by atoms with Crippen molar-refractivity contribution < 1.29 is 26.3 Å². The van der Waals surface area contributed by atoms with Crippen molar-refractivity contribution >= 4 is 10.0 Å². The molecule has 0 atom stereocenters. The zero-order valence-electron chi connectivity index (χ0n) is 18.3. The van der Waals surface area contributed by atoms with Crippen molar-refractivity contribution in [1.82, 2.24) is 14.2 Å². The summed E-state index contributed by atoms with van der Waals surface area (Å²) >= 11 is 0. The van der Waals surface area contributed by atoms with Gasteiger partial charge in [0.1, 0.15) is 12.4 Å². The van der Waals surface area contributed by atoms with Crippen LogP contribution < -0.4 is 4.74 Å². The van der Waals surface area contributed by atoms with Crippen molar-refractivity contribution in [2.45, 2.75) is 24.2 Å². The van der Waals surface area contributed by atoms with Crippen LogP contribution in [0.2, 0.25) is 0 Å². The highest BCUT2D eigenvalue weighted by Crippen LogP contribution is 2.31. The van der Waals surface area contributed by atoms with E-state index in [0.717, 1.165) is 29.1 Å². The molecule has 0 amide bonds. The zero-order chi connectivity index (χ0) is 24.2. The van der Waals surface area contributed by atoms with E-state index in [0.29, 0.717) is 32.3 Å². The van der Waals surface area contributed by atoms with E-state index in [-0.39, 0.29) is 18.0 Å². The Labute approximate surface area is 196 Å². The molecular weight excluding hydrogens is 467 g/mol. The van der Waals surface area contributed by atoms with Gasteiger partial charge in [-0.1, -0.05) is 24.3 Å². The Bertz CT molecular complexity index is 1200. The number of aromatic nitrogens is 1. The molecule has 4 rings (SSSR count). The molecule has 6 nitrogen and oxygen atoms in total. The van der Waals surface area contributed by atoms with E-state index in [4.69, 9.17) is 4.74 Å². The summed E-state index contributed by atoms with van der Waals surface area (Å²) in [6.07, 6.45) is -2.88. The van der Waals surface area contributed by atoms with Gasteiger partial charge in [-0.05, 0) is 48.0 Å². The minimum absolute atomic E-state index is 0.212. The molecule has 180 valence electrons. The van der Waals surface area contributed by atoms with Crippen molar-refractivity contribution in [3.63, 3.8) is 0 Å². The van der Waals surface area contributed by atoms with E-state index in [2.05, 4.69) is 9.88 Å². The predicted octanol–water partition coefficient (Wildman–Crippen LogP) is 4.19. The number of piperazine rings is 1. The third kappa shape index (κ3) is 5.94. The van der Waals surface area contributed by atoms with E-state index in [1.165, 1.54) is 10.4 Å². The van der Waals surface area contributed by atoms with Crippen LogP contribution >= 0.6 is 0 Å². The fourth-order valence-electron chi connectivity index (χ4n) is 3.70. The Hall–Kier alpha value is -2.95. The number of pyridine rings is 1. The van der Waals surface area contributed by atoms with Crippen molar-refractivity contribution in [3.05, 3.63) is 89.7 Å². The maximum Gasteiger partial charge on any atom is 0.416 e. The van der Waals surface area contributed by atoms with Gasteiger partial charge in [-0.3, -0.25) is 9.88 Å². The molecule has 0 saturated carbocycles. The molecule has 1 aromatic heterocycles. The van der Waals surface area contributed by atoms with Gasteiger partial charge in [0.2, 0.25) is 10.0 Å². The molecule has 1 aliphatic rings. The second-order valence-corrected chi connectivity index (χ2v) is 9.90. The Kier molecular flexibility index (Phi) is 7.20. The van der Waals surface area contributed by atoms with Gasteiger partial charge >= 0.3 is 6.18 Å². The summed E-state index contributed by atoms with van der Waals surface area (Å²) in [7, 11) is -3.99. The molecule has 34 heavy (non-hydrogen) atoms. The van der Waals surface area contributed by atoms with Crippen LogP contribution in [-0.2, 0) is 29.4 Å². The maximum atomic E-state index is 13.0. The Morgan fingerprint density at radius 1 is 0.912 bits per heavy atom. The van der Waals surface area contributed by atoms with Gasteiger partial charge in [-0.2, -0.15) is 17.5 Å². The minimum Gasteiger partial charge on any atom is -0.487 e. The number of ether oxygens (including phenoxy) is 1.